The van der Waals surface area contributed by atoms with Gasteiger partial charge in [0.15, 0.2) is 11.5 Å². The van der Waals surface area contributed by atoms with Gasteiger partial charge in [0.05, 0.1) is 42.7 Å². The van der Waals surface area contributed by atoms with E-state index in [2.05, 4.69) is 37.3 Å². The zero-order valence-corrected chi connectivity index (χ0v) is 19.1. The maximum absolute atomic E-state index is 5.71. The van der Waals surface area contributed by atoms with E-state index in [1.807, 2.05) is 48.0 Å². The van der Waals surface area contributed by atoms with Crippen LogP contribution in [0.4, 0.5) is 17.2 Å². The minimum absolute atomic E-state index is 0.671. The average Bonchev–Trinajstić information content (AvgIpc) is 3.49. The molecule has 0 saturated carbocycles. The van der Waals surface area contributed by atoms with Gasteiger partial charge in [0.1, 0.15) is 11.6 Å². The summed E-state index contributed by atoms with van der Waals surface area (Å²) < 4.78 is 13.2. The van der Waals surface area contributed by atoms with Crippen LogP contribution in [0.5, 0.6) is 5.75 Å². The number of aromatic nitrogens is 5. The largest absolute Gasteiger partial charge is 0.495 e. The Morgan fingerprint density at radius 2 is 1.97 bits per heavy atom. The first-order valence-corrected chi connectivity index (χ1v) is 11.3. The predicted octanol–water partition coefficient (Wildman–Crippen LogP) is 4.17. The number of nitrogens with one attached hydrogen (secondary N) is 2. The molecule has 0 unspecified atom stereocenters. The minimum atomic E-state index is 0.671. The molecule has 1 saturated heterocycles. The summed E-state index contributed by atoms with van der Waals surface area (Å²) in [7, 11) is 1.70. The van der Waals surface area contributed by atoms with Crippen LogP contribution in [0.25, 0.3) is 27.9 Å². The second kappa shape index (κ2) is 8.35. The third kappa shape index (κ3) is 3.69. The first-order valence-electron chi connectivity index (χ1n) is 11.3. The van der Waals surface area contributed by atoms with Crippen molar-refractivity contribution in [2.75, 3.05) is 43.6 Å². The van der Waals surface area contributed by atoms with Crippen molar-refractivity contribution >= 4 is 33.9 Å². The Morgan fingerprint density at radius 3 is 2.82 bits per heavy atom. The van der Waals surface area contributed by atoms with E-state index < -0.39 is 0 Å². The van der Waals surface area contributed by atoms with Crippen molar-refractivity contribution in [1.82, 2.24) is 24.3 Å². The van der Waals surface area contributed by atoms with Crippen molar-refractivity contribution in [3.05, 3.63) is 60.8 Å². The van der Waals surface area contributed by atoms with Crippen LogP contribution in [-0.2, 0) is 4.74 Å². The molecular weight excluding hydrogens is 430 g/mol. The number of hydrogen-bond acceptors (Lipinski definition) is 7. The van der Waals surface area contributed by atoms with Gasteiger partial charge in [-0.1, -0.05) is 6.07 Å². The highest BCUT2D eigenvalue weighted by molar-refractivity contribution is 5.82. The number of morpholine rings is 1. The number of benzene rings is 2. The Labute approximate surface area is 196 Å². The molecule has 1 aliphatic heterocycles. The molecule has 9 nitrogen and oxygen atoms in total. The van der Waals surface area contributed by atoms with Crippen LogP contribution in [0, 0.1) is 6.92 Å². The van der Waals surface area contributed by atoms with Crippen LogP contribution in [0.3, 0.4) is 0 Å². The average molecular weight is 456 g/mol. The molecule has 172 valence electrons. The van der Waals surface area contributed by atoms with Crippen LogP contribution in [0.2, 0.25) is 0 Å². The van der Waals surface area contributed by atoms with Crippen molar-refractivity contribution in [3.8, 4) is 17.0 Å². The number of methoxy groups -OCH3 is 1. The highest BCUT2D eigenvalue weighted by Crippen LogP contribution is 2.34. The number of imidazole rings is 2. The summed E-state index contributed by atoms with van der Waals surface area (Å²) in [5.74, 6) is 2.37. The fourth-order valence-corrected chi connectivity index (χ4v) is 4.41. The van der Waals surface area contributed by atoms with Crippen molar-refractivity contribution in [2.24, 2.45) is 0 Å². The first-order chi connectivity index (χ1) is 16.7. The number of aryl methyl sites for hydroxylation is 1. The number of rotatable bonds is 5. The van der Waals surface area contributed by atoms with Crippen molar-refractivity contribution in [2.45, 2.75) is 6.92 Å². The van der Waals surface area contributed by atoms with Gasteiger partial charge in [-0.3, -0.25) is 0 Å². The number of hydrogen-bond donors (Lipinski definition) is 2. The number of nitrogens with zero attached hydrogens (tertiary/aromatic N) is 5. The summed E-state index contributed by atoms with van der Waals surface area (Å²) in [6, 6.07) is 12.2. The highest BCUT2D eigenvalue weighted by atomic mass is 16.5. The molecule has 34 heavy (non-hydrogen) atoms. The van der Waals surface area contributed by atoms with Gasteiger partial charge in [0.25, 0.3) is 0 Å². The third-order valence-corrected chi connectivity index (χ3v) is 6.06. The Morgan fingerprint density at radius 1 is 1.09 bits per heavy atom. The lowest BCUT2D eigenvalue weighted by atomic mass is 10.1. The molecule has 6 rings (SSSR count). The van der Waals surface area contributed by atoms with Gasteiger partial charge in [-0.05, 0) is 31.2 Å². The molecular formula is C25H25N7O2. The normalized spacial score (nSPS) is 14.1. The molecule has 1 aliphatic rings. The second-order valence-corrected chi connectivity index (χ2v) is 8.30. The quantitative estimate of drug-likeness (QED) is 0.411. The summed E-state index contributed by atoms with van der Waals surface area (Å²) in [6.45, 7) is 5.10. The highest BCUT2D eigenvalue weighted by Gasteiger charge is 2.17. The van der Waals surface area contributed by atoms with Crippen molar-refractivity contribution < 1.29 is 9.47 Å². The fraction of sp³-hybridized carbons (Fsp3) is 0.240. The van der Waals surface area contributed by atoms with Crippen LogP contribution >= 0.6 is 0 Å². The second-order valence-electron chi connectivity index (χ2n) is 8.30. The van der Waals surface area contributed by atoms with E-state index in [4.69, 9.17) is 14.5 Å². The lowest BCUT2D eigenvalue weighted by Crippen LogP contribution is -2.36. The van der Waals surface area contributed by atoms with E-state index in [1.54, 1.807) is 13.3 Å². The molecule has 2 aromatic carbocycles. The fourth-order valence-electron chi connectivity index (χ4n) is 4.41. The van der Waals surface area contributed by atoms with Crippen molar-refractivity contribution in [3.63, 3.8) is 0 Å². The summed E-state index contributed by atoms with van der Waals surface area (Å²) >= 11 is 0. The monoisotopic (exact) mass is 455 g/mol. The lowest BCUT2D eigenvalue weighted by Gasteiger charge is -2.30. The van der Waals surface area contributed by atoms with Gasteiger partial charge in [-0.15, -0.1) is 0 Å². The Bertz CT molecular complexity index is 1480. The number of aromatic amines is 1. The van der Waals surface area contributed by atoms with Gasteiger partial charge >= 0.3 is 0 Å². The predicted molar refractivity (Wildman–Crippen MR) is 132 cm³/mol. The number of ether oxygens (including phenoxy) is 2. The molecule has 1 fully saturated rings. The smallest absolute Gasteiger partial charge is 0.180 e. The molecule has 0 spiro atoms. The topological polar surface area (TPSA) is 92.6 Å². The molecule has 0 amide bonds. The van der Waals surface area contributed by atoms with Gasteiger partial charge in [-0.25, -0.2) is 15.0 Å². The van der Waals surface area contributed by atoms with Gasteiger partial charge < -0.3 is 29.1 Å². The van der Waals surface area contributed by atoms with E-state index in [1.165, 1.54) is 0 Å². The number of fused-ring (bicyclic) bond motifs is 2. The summed E-state index contributed by atoms with van der Waals surface area (Å²) in [5.41, 5.74) is 6.44. The van der Waals surface area contributed by atoms with Crippen LogP contribution < -0.4 is 15.0 Å². The van der Waals surface area contributed by atoms with E-state index in [0.717, 1.165) is 77.2 Å². The third-order valence-electron chi connectivity index (χ3n) is 6.06. The molecule has 4 heterocycles. The molecule has 5 aromatic rings. The van der Waals surface area contributed by atoms with Gasteiger partial charge in [0, 0.05) is 49.0 Å². The lowest BCUT2D eigenvalue weighted by molar-refractivity contribution is 0.122. The van der Waals surface area contributed by atoms with E-state index >= 15 is 0 Å². The number of H-pyrrole nitrogens is 1. The summed E-state index contributed by atoms with van der Waals surface area (Å²) in [5, 5.41) is 3.45. The summed E-state index contributed by atoms with van der Waals surface area (Å²) in [6.07, 6.45) is 5.68. The molecule has 0 radical (unpaired) electrons. The van der Waals surface area contributed by atoms with Crippen molar-refractivity contribution in [1.29, 1.82) is 0 Å². The molecule has 0 bridgehead atoms. The Balaban J connectivity index is 1.37. The summed E-state index contributed by atoms with van der Waals surface area (Å²) in [4.78, 5) is 19.5. The maximum atomic E-state index is 5.71. The zero-order valence-electron chi connectivity index (χ0n) is 19.1. The Kier molecular flexibility index (Phi) is 5.03. The molecule has 3 aromatic heterocycles. The number of anilines is 3. The Hall–Kier alpha value is -4.11. The van der Waals surface area contributed by atoms with Crippen LogP contribution in [0.15, 0.2) is 55.0 Å². The SMILES string of the molecule is COc1cc(Nc2nc(-c3ccc4nc(C)[nH]c4c3)cn3ccnc23)ccc1N1CCOCC1. The van der Waals surface area contributed by atoms with Gasteiger partial charge in [0.2, 0.25) is 0 Å². The zero-order chi connectivity index (χ0) is 23.1. The standard InChI is InChI=1S/C25H25N7O2/c1-16-27-19-5-3-17(13-20(19)28-16)21-15-32-8-7-26-25(32)24(30-21)29-18-4-6-22(23(14-18)33-2)31-9-11-34-12-10-31/h3-8,13-15H,9-12H2,1-2H3,(H,27,28)(H,29,30). The molecule has 2 N–H and O–H groups in total. The minimum Gasteiger partial charge on any atom is -0.495 e. The molecule has 0 aliphatic carbocycles. The molecule has 9 heteroatoms. The van der Waals surface area contributed by atoms with Crippen LogP contribution in [-0.4, -0.2) is 57.7 Å². The molecule has 0 atom stereocenters. The van der Waals surface area contributed by atoms with E-state index in [0.29, 0.717) is 5.82 Å². The van der Waals surface area contributed by atoms with E-state index in [-0.39, 0.29) is 0 Å². The van der Waals surface area contributed by atoms with Crippen LogP contribution in [0.1, 0.15) is 5.82 Å². The first kappa shape index (κ1) is 20.5. The maximum Gasteiger partial charge on any atom is 0.180 e. The van der Waals surface area contributed by atoms with Gasteiger partial charge in [-0.2, -0.15) is 0 Å². The van der Waals surface area contributed by atoms with E-state index in [9.17, 15) is 0 Å².